The number of benzene rings is 1. The summed E-state index contributed by atoms with van der Waals surface area (Å²) in [4.78, 5) is 2.34. The molecule has 21 heavy (non-hydrogen) atoms. The molecule has 1 N–H and O–H groups in total. The molecule has 1 aliphatic rings. The van der Waals surface area contributed by atoms with Crippen LogP contribution < -0.4 is 9.47 Å². The number of thiophene rings is 1. The Morgan fingerprint density at radius 3 is 2.71 bits per heavy atom. The summed E-state index contributed by atoms with van der Waals surface area (Å²) in [5.41, 5.74) is 2.04. The molecule has 0 fully saturated rings. The van der Waals surface area contributed by atoms with E-state index in [9.17, 15) is 5.11 Å². The zero-order chi connectivity index (χ0) is 15.0. The van der Waals surface area contributed by atoms with E-state index in [-0.39, 0.29) is 0 Å². The molecule has 0 saturated carbocycles. The molecule has 2 aromatic rings. The van der Waals surface area contributed by atoms with Gasteiger partial charge in [0.05, 0.1) is 14.2 Å². The van der Waals surface area contributed by atoms with Gasteiger partial charge in [-0.05, 0) is 43.0 Å². The van der Waals surface area contributed by atoms with E-state index in [2.05, 4.69) is 6.07 Å². The monoisotopic (exact) mass is 324 g/mol. The normalized spacial score (nSPS) is 14.9. The van der Waals surface area contributed by atoms with Crippen LogP contribution in [0.15, 0.2) is 18.2 Å². The molecule has 3 nitrogen and oxygen atoms in total. The minimum absolute atomic E-state index is 0.389. The molecule has 1 unspecified atom stereocenters. The predicted molar refractivity (Wildman–Crippen MR) is 85.0 cm³/mol. The minimum Gasteiger partial charge on any atom is -0.495 e. The van der Waals surface area contributed by atoms with E-state index in [1.54, 1.807) is 37.7 Å². The zero-order valence-corrected chi connectivity index (χ0v) is 13.6. The van der Waals surface area contributed by atoms with E-state index in [1.807, 2.05) is 0 Å². The summed E-state index contributed by atoms with van der Waals surface area (Å²) in [6.07, 6.45) is 2.72. The number of aryl methyl sites for hydroxylation is 2. The molecule has 1 atom stereocenters. The van der Waals surface area contributed by atoms with E-state index in [4.69, 9.17) is 21.1 Å². The van der Waals surface area contributed by atoms with Gasteiger partial charge in [-0.15, -0.1) is 11.3 Å². The van der Waals surface area contributed by atoms with Crippen molar-refractivity contribution >= 4 is 22.9 Å². The average molecular weight is 325 g/mol. The minimum atomic E-state index is -0.723. The number of hydrogen-bond donors (Lipinski definition) is 1. The van der Waals surface area contributed by atoms with Crippen LogP contribution in [0.4, 0.5) is 0 Å². The van der Waals surface area contributed by atoms with Gasteiger partial charge in [0.1, 0.15) is 22.6 Å². The lowest BCUT2D eigenvalue weighted by Crippen LogP contribution is -2.02. The van der Waals surface area contributed by atoms with Crippen LogP contribution in [0, 0.1) is 0 Å². The number of halogens is 1. The van der Waals surface area contributed by atoms with Crippen LogP contribution in [-0.4, -0.2) is 19.3 Å². The third-order valence-corrected chi connectivity index (χ3v) is 5.49. The summed E-state index contributed by atoms with van der Waals surface area (Å²) >= 11 is 7.94. The van der Waals surface area contributed by atoms with E-state index in [1.165, 1.54) is 16.9 Å². The summed E-state index contributed by atoms with van der Waals surface area (Å²) in [6.45, 7) is 0. The number of ether oxygens (including phenoxy) is 2. The smallest absolute Gasteiger partial charge is 0.147 e. The Kier molecular flexibility index (Phi) is 4.11. The molecule has 0 amide bonds. The molecule has 112 valence electrons. The van der Waals surface area contributed by atoms with E-state index in [0.29, 0.717) is 22.1 Å². The van der Waals surface area contributed by atoms with Gasteiger partial charge in [-0.1, -0.05) is 11.6 Å². The highest BCUT2D eigenvalue weighted by Crippen LogP contribution is 2.43. The predicted octanol–water partition coefficient (Wildman–Crippen LogP) is 3.99. The van der Waals surface area contributed by atoms with Crippen molar-refractivity contribution in [3.63, 3.8) is 0 Å². The standard InChI is InChI=1S/C16H17ClO3S/c1-19-11-7-6-10(16(20-2)14(11)17)15(18)13-8-9-4-3-5-12(9)21-13/h6-8,15,18H,3-5H2,1-2H3. The molecule has 0 aliphatic heterocycles. The second-order valence-corrected chi connectivity index (χ2v) is 6.60. The fourth-order valence-corrected chi connectivity index (χ4v) is 4.36. The van der Waals surface area contributed by atoms with Crippen LogP contribution >= 0.6 is 22.9 Å². The largest absolute Gasteiger partial charge is 0.495 e. The van der Waals surface area contributed by atoms with Gasteiger partial charge in [0.25, 0.3) is 0 Å². The first kappa shape index (κ1) is 14.7. The lowest BCUT2D eigenvalue weighted by atomic mass is 10.1. The van der Waals surface area contributed by atoms with Gasteiger partial charge in [-0.25, -0.2) is 0 Å². The molecule has 3 rings (SSSR count). The molecule has 0 saturated heterocycles. The number of hydrogen-bond acceptors (Lipinski definition) is 4. The Labute approximate surface area is 133 Å². The Balaban J connectivity index is 2.00. The quantitative estimate of drug-likeness (QED) is 0.924. The molecule has 1 aliphatic carbocycles. The molecule has 0 bridgehead atoms. The van der Waals surface area contributed by atoms with Gasteiger partial charge in [-0.3, -0.25) is 0 Å². The van der Waals surface area contributed by atoms with Crippen molar-refractivity contribution in [1.29, 1.82) is 0 Å². The van der Waals surface area contributed by atoms with Crippen LogP contribution in [0.25, 0.3) is 0 Å². The van der Waals surface area contributed by atoms with Crippen molar-refractivity contribution in [2.75, 3.05) is 14.2 Å². The Morgan fingerprint density at radius 2 is 2.05 bits per heavy atom. The van der Waals surface area contributed by atoms with E-state index < -0.39 is 6.10 Å². The first-order chi connectivity index (χ1) is 10.2. The maximum Gasteiger partial charge on any atom is 0.147 e. The van der Waals surface area contributed by atoms with Crippen LogP contribution in [0.2, 0.25) is 5.02 Å². The third-order valence-electron chi connectivity index (χ3n) is 3.85. The van der Waals surface area contributed by atoms with Crippen LogP contribution in [-0.2, 0) is 12.8 Å². The number of methoxy groups -OCH3 is 2. The lowest BCUT2D eigenvalue weighted by molar-refractivity contribution is 0.218. The summed E-state index contributed by atoms with van der Waals surface area (Å²) in [5.74, 6) is 1.01. The highest BCUT2D eigenvalue weighted by molar-refractivity contribution is 7.12. The van der Waals surface area contributed by atoms with E-state index in [0.717, 1.165) is 17.7 Å². The molecule has 5 heteroatoms. The maximum atomic E-state index is 10.7. The zero-order valence-electron chi connectivity index (χ0n) is 12.0. The van der Waals surface area contributed by atoms with Crippen molar-refractivity contribution in [2.45, 2.75) is 25.4 Å². The highest BCUT2D eigenvalue weighted by atomic mass is 35.5. The molecule has 0 spiro atoms. The lowest BCUT2D eigenvalue weighted by Gasteiger charge is -2.16. The molecule has 1 aromatic heterocycles. The Bertz CT molecular complexity index is 644. The van der Waals surface area contributed by atoms with Gasteiger partial charge in [-0.2, -0.15) is 0 Å². The van der Waals surface area contributed by atoms with Crippen molar-refractivity contribution < 1.29 is 14.6 Å². The SMILES string of the molecule is COc1ccc(C(O)c2cc3c(s2)CCC3)c(OC)c1Cl. The number of rotatable bonds is 4. The first-order valence-corrected chi connectivity index (χ1v) is 8.05. The molecule has 1 aromatic carbocycles. The van der Waals surface area contributed by atoms with Crippen molar-refractivity contribution in [3.05, 3.63) is 44.1 Å². The number of aliphatic hydroxyl groups excluding tert-OH is 1. The van der Waals surface area contributed by atoms with Gasteiger partial charge in [0.15, 0.2) is 0 Å². The van der Waals surface area contributed by atoms with Gasteiger partial charge in [0.2, 0.25) is 0 Å². The third kappa shape index (κ3) is 2.52. The van der Waals surface area contributed by atoms with Gasteiger partial charge >= 0.3 is 0 Å². The summed E-state index contributed by atoms with van der Waals surface area (Å²) in [7, 11) is 3.10. The highest BCUT2D eigenvalue weighted by Gasteiger charge is 2.24. The molecular formula is C16H17ClO3S. The van der Waals surface area contributed by atoms with Crippen LogP contribution in [0.1, 0.15) is 33.4 Å². The number of aliphatic hydroxyl groups is 1. The first-order valence-electron chi connectivity index (χ1n) is 6.85. The van der Waals surface area contributed by atoms with Crippen LogP contribution in [0.3, 0.4) is 0 Å². The fraction of sp³-hybridized carbons (Fsp3) is 0.375. The van der Waals surface area contributed by atoms with Gasteiger partial charge in [0, 0.05) is 15.3 Å². The van der Waals surface area contributed by atoms with Crippen molar-refractivity contribution in [3.8, 4) is 11.5 Å². The molecular weight excluding hydrogens is 308 g/mol. The topological polar surface area (TPSA) is 38.7 Å². The number of fused-ring (bicyclic) bond motifs is 1. The van der Waals surface area contributed by atoms with Crippen LogP contribution in [0.5, 0.6) is 11.5 Å². The fourth-order valence-electron chi connectivity index (χ4n) is 2.77. The summed E-state index contributed by atoms with van der Waals surface area (Å²) in [5, 5.41) is 11.1. The summed E-state index contributed by atoms with van der Waals surface area (Å²) in [6, 6.07) is 5.67. The molecule has 1 heterocycles. The van der Waals surface area contributed by atoms with Crippen molar-refractivity contribution in [1.82, 2.24) is 0 Å². The average Bonchev–Trinajstić information content (AvgIpc) is 3.07. The molecule has 0 radical (unpaired) electrons. The second kappa shape index (κ2) is 5.87. The second-order valence-electron chi connectivity index (χ2n) is 5.06. The Hall–Kier alpha value is -1.23. The summed E-state index contributed by atoms with van der Waals surface area (Å²) < 4.78 is 10.6. The Morgan fingerprint density at radius 1 is 1.24 bits per heavy atom. The maximum absolute atomic E-state index is 10.7. The van der Waals surface area contributed by atoms with E-state index >= 15 is 0 Å². The van der Waals surface area contributed by atoms with Gasteiger partial charge < -0.3 is 14.6 Å². The van der Waals surface area contributed by atoms with Crippen molar-refractivity contribution in [2.24, 2.45) is 0 Å².